The van der Waals surface area contributed by atoms with E-state index in [2.05, 4.69) is 18.7 Å². The van der Waals surface area contributed by atoms with Gasteiger partial charge < -0.3 is 4.90 Å². The van der Waals surface area contributed by atoms with Gasteiger partial charge >= 0.3 is 0 Å². The van der Waals surface area contributed by atoms with Crippen LogP contribution in [0.5, 0.6) is 0 Å². The molecular weight excluding hydrogens is 310 g/mol. The number of benzene rings is 2. The van der Waals surface area contributed by atoms with Crippen LogP contribution in [0.1, 0.15) is 39.5 Å². The number of rotatable bonds is 8. The number of unbranched alkanes of at least 4 members (excludes halogenated alkanes) is 2. The highest BCUT2D eigenvalue weighted by Crippen LogP contribution is 2.31. The summed E-state index contributed by atoms with van der Waals surface area (Å²) in [5.74, 6) is 0. The van der Waals surface area contributed by atoms with Crippen molar-refractivity contribution in [3.63, 3.8) is 0 Å². The third-order valence-corrected chi connectivity index (χ3v) is 4.95. The van der Waals surface area contributed by atoms with E-state index in [1.165, 1.54) is 6.07 Å². The number of hydrogen-bond donors (Lipinski definition) is 1. The molecule has 0 spiro atoms. The molecular formula is C18H25NO3S. The van der Waals surface area contributed by atoms with Crippen molar-refractivity contribution in [2.45, 2.75) is 44.4 Å². The molecule has 23 heavy (non-hydrogen) atoms. The predicted molar refractivity (Wildman–Crippen MR) is 95.8 cm³/mol. The molecule has 1 N–H and O–H groups in total. The first-order valence-electron chi connectivity index (χ1n) is 8.23. The highest BCUT2D eigenvalue weighted by Gasteiger charge is 2.16. The van der Waals surface area contributed by atoms with E-state index in [4.69, 9.17) is 0 Å². The SMILES string of the molecule is CCCCN(CCCC)c1cccc2c(S(=O)(=O)O)cccc12. The Balaban J connectivity index is 2.54. The van der Waals surface area contributed by atoms with Gasteiger partial charge in [-0.2, -0.15) is 8.42 Å². The molecule has 0 saturated heterocycles. The van der Waals surface area contributed by atoms with Crippen LogP contribution in [0.3, 0.4) is 0 Å². The molecule has 0 aromatic heterocycles. The van der Waals surface area contributed by atoms with Gasteiger partial charge in [0.15, 0.2) is 0 Å². The van der Waals surface area contributed by atoms with Crippen LogP contribution in [0.2, 0.25) is 0 Å². The first kappa shape index (κ1) is 17.8. The van der Waals surface area contributed by atoms with Gasteiger partial charge in [0.05, 0.1) is 0 Å². The standard InChI is InChI=1S/C18H25NO3S/c1-3-5-13-19(14-6-4-2)17-11-7-10-16-15(17)9-8-12-18(16)23(20,21)22/h7-12H,3-6,13-14H2,1-2H3,(H,20,21,22). The molecule has 0 fully saturated rings. The largest absolute Gasteiger partial charge is 0.371 e. The molecule has 0 saturated carbocycles. The van der Waals surface area contributed by atoms with Gasteiger partial charge in [0, 0.05) is 29.5 Å². The van der Waals surface area contributed by atoms with E-state index in [1.54, 1.807) is 12.1 Å². The summed E-state index contributed by atoms with van der Waals surface area (Å²) in [5.41, 5.74) is 1.04. The van der Waals surface area contributed by atoms with Crippen molar-refractivity contribution in [3.8, 4) is 0 Å². The number of anilines is 1. The summed E-state index contributed by atoms with van der Waals surface area (Å²) in [7, 11) is -4.22. The molecule has 2 aromatic rings. The van der Waals surface area contributed by atoms with E-state index in [1.807, 2.05) is 18.2 Å². The van der Waals surface area contributed by atoms with Gasteiger partial charge in [-0.05, 0) is 25.0 Å². The average molecular weight is 335 g/mol. The van der Waals surface area contributed by atoms with Crippen molar-refractivity contribution in [2.75, 3.05) is 18.0 Å². The van der Waals surface area contributed by atoms with Crippen LogP contribution in [0.25, 0.3) is 10.8 Å². The summed E-state index contributed by atoms with van der Waals surface area (Å²) >= 11 is 0. The second-order valence-corrected chi connectivity index (χ2v) is 7.19. The summed E-state index contributed by atoms with van der Waals surface area (Å²) in [5, 5.41) is 1.44. The smallest absolute Gasteiger partial charge is 0.295 e. The lowest BCUT2D eigenvalue weighted by Gasteiger charge is -2.26. The summed E-state index contributed by atoms with van der Waals surface area (Å²) < 4.78 is 32.7. The van der Waals surface area contributed by atoms with Crippen LogP contribution >= 0.6 is 0 Å². The maximum atomic E-state index is 11.6. The van der Waals surface area contributed by atoms with E-state index in [0.717, 1.165) is 49.8 Å². The number of hydrogen-bond acceptors (Lipinski definition) is 3. The van der Waals surface area contributed by atoms with Crippen LogP contribution in [0, 0.1) is 0 Å². The van der Waals surface area contributed by atoms with Crippen molar-refractivity contribution in [3.05, 3.63) is 36.4 Å². The highest BCUT2D eigenvalue weighted by molar-refractivity contribution is 7.86. The maximum absolute atomic E-state index is 11.6. The van der Waals surface area contributed by atoms with Gasteiger partial charge in [0.1, 0.15) is 4.90 Å². The Labute approximate surface area is 138 Å². The second kappa shape index (κ2) is 7.79. The van der Waals surface area contributed by atoms with Crippen LogP contribution in [0.4, 0.5) is 5.69 Å². The Bertz CT molecular complexity index is 748. The monoisotopic (exact) mass is 335 g/mol. The molecule has 0 unspecified atom stereocenters. The predicted octanol–water partition coefficient (Wildman–Crippen LogP) is 4.49. The van der Waals surface area contributed by atoms with Gasteiger partial charge in [0.2, 0.25) is 0 Å². The molecule has 0 aliphatic rings. The lowest BCUT2D eigenvalue weighted by atomic mass is 10.1. The molecule has 0 bridgehead atoms. The van der Waals surface area contributed by atoms with E-state index in [-0.39, 0.29) is 4.90 Å². The fourth-order valence-corrected chi connectivity index (χ4v) is 3.52. The van der Waals surface area contributed by atoms with Crippen molar-refractivity contribution in [2.24, 2.45) is 0 Å². The number of nitrogens with zero attached hydrogens (tertiary/aromatic N) is 1. The van der Waals surface area contributed by atoms with Crippen LogP contribution in [-0.4, -0.2) is 26.1 Å². The Kier molecular flexibility index (Phi) is 6.02. The first-order valence-corrected chi connectivity index (χ1v) is 9.67. The Morgan fingerprint density at radius 1 is 0.913 bits per heavy atom. The summed E-state index contributed by atoms with van der Waals surface area (Å²) in [6.45, 7) is 6.23. The van der Waals surface area contributed by atoms with Crippen LogP contribution < -0.4 is 4.90 Å². The molecule has 0 aliphatic heterocycles. The van der Waals surface area contributed by atoms with Crippen molar-refractivity contribution in [1.82, 2.24) is 0 Å². The molecule has 126 valence electrons. The molecule has 4 nitrogen and oxygen atoms in total. The van der Waals surface area contributed by atoms with E-state index >= 15 is 0 Å². The molecule has 5 heteroatoms. The van der Waals surface area contributed by atoms with Gasteiger partial charge in [0.25, 0.3) is 10.1 Å². The van der Waals surface area contributed by atoms with Crippen molar-refractivity contribution < 1.29 is 13.0 Å². The Hall–Kier alpha value is -1.59. The normalized spacial score (nSPS) is 11.8. The van der Waals surface area contributed by atoms with Gasteiger partial charge in [-0.25, -0.2) is 0 Å². The lowest BCUT2D eigenvalue weighted by molar-refractivity contribution is 0.484. The minimum Gasteiger partial charge on any atom is -0.371 e. The minimum atomic E-state index is -4.22. The van der Waals surface area contributed by atoms with Gasteiger partial charge in [-0.1, -0.05) is 51.0 Å². The third kappa shape index (κ3) is 4.24. The zero-order valence-corrected chi connectivity index (χ0v) is 14.6. The highest BCUT2D eigenvalue weighted by atomic mass is 32.2. The zero-order chi connectivity index (χ0) is 16.9. The Morgan fingerprint density at radius 3 is 2.04 bits per heavy atom. The van der Waals surface area contributed by atoms with Gasteiger partial charge in [-0.3, -0.25) is 4.55 Å². The summed E-state index contributed by atoms with van der Waals surface area (Å²) in [6.07, 6.45) is 4.42. The fourth-order valence-electron chi connectivity index (χ4n) is 2.82. The van der Waals surface area contributed by atoms with E-state index < -0.39 is 10.1 Å². The molecule has 2 rings (SSSR count). The van der Waals surface area contributed by atoms with Crippen LogP contribution in [-0.2, 0) is 10.1 Å². The quantitative estimate of drug-likeness (QED) is 0.722. The average Bonchev–Trinajstić information content (AvgIpc) is 2.53. The first-order chi connectivity index (χ1) is 11.0. The molecule has 0 amide bonds. The fraction of sp³-hybridized carbons (Fsp3) is 0.444. The maximum Gasteiger partial charge on any atom is 0.295 e. The van der Waals surface area contributed by atoms with E-state index in [0.29, 0.717) is 5.39 Å². The van der Waals surface area contributed by atoms with E-state index in [9.17, 15) is 13.0 Å². The molecule has 0 aliphatic carbocycles. The minimum absolute atomic E-state index is 0.0252. The number of fused-ring (bicyclic) bond motifs is 1. The zero-order valence-electron chi connectivity index (χ0n) is 13.8. The lowest BCUT2D eigenvalue weighted by Crippen LogP contribution is -2.25. The second-order valence-electron chi connectivity index (χ2n) is 5.80. The topological polar surface area (TPSA) is 57.6 Å². The van der Waals surface area contributed by atoms with Crippen molar-refractivity contribution in [1.29, 1.82) is 0 Å². The summed E-state index contributed by atoms with van der Waals surface area (Å²) in [4.78, 5) is 2.30. The van der Waals surface area contributed by atoms with Gasteiger partial charge in [-0.15, -0.1) is 0 Å². The molecule has 0 atom stereocenters. The summed E-state index contributed by atoms with van der Waals surface area (Å²) in [6, 6.07) is 10.7. The van der Waals surface area contributed by atoms with Crippen LogP contribution in [0.15, 0.2) is 41.3 Å². The Morgan fingerprint density at radius 2 is 1.48 bits per heavy atom. The third-order valence-electron chi connectivity index (χ3n) is 4.04. The molecule has 0 heterocycles. The van der Waals surface area contributed by atoms with Crippen molar-refractivity contribution >= 4 is 26.6 Å². The molecule has 2 aromatic carbocycles. The molecule has 0 radical (unpaired) electrons.